The van der Waals surface area contributed by atoms with Gasteiger partial charge in [-0.05, 0) is 55.1 Å². The summed E-state index contributed by atoms with van der Waals surface area (Å²) in [6.45, 7) is 7.38. The van der Waals surface area contributed by atoms with Crippen molar-refractivity contribution < 1.29 is 24.9 Å². The van der Waals surface area contributed by atoms with Crippen LogP contribution in [0.3, 0.4) is 0 Å². The number of carbonyl (C=O) groups is 2. The summed E-state index contributed by atoms with van der Waals surface area (Å²) in [5.74, 6) is -0.408. The molecule has 0 saturated heterocycles. The number of aliphatic hydroxyl groups excluding tert-OH is 2. The second-order valence-electron chi connectivity index (χ2n) is 10.2. The Morgan fingerprint density at radius 2 is 1.93 bits per heavy atom. The van der Waals surface area contributed by atoms with Crippen LogP contribution in [0.25, 0.3) is 0 Å². The van der Waals surface area contributed by atoms with Gasteiger partial charge in [-0.1, -0.05) is 39.3 Å². The zero-order valence-electron chi connectivity index (χ0n) is 17.2. The Labute approximate surface area is 166 Å². The Hall–Kier alpha value is -1.30. The van der Waals surface area contributed by atoms with Gasteiger partial charge in [0.25, 0.3) is 0 Å². The van der Waals surface area contributed by atoms with Crippen LogP contribution in [-0.2, 0) is 9.59 Å². The van der Waals surface area contributed by atoms with E-state index in [0.29, 0.717) is 12.8 Å². The van der Waals surface area contributed by atoms with Gasteiger partial charge in [0.15, 0.2) is 11.6 Å². The number of hydrogen-bond acceptors (Lipinski definition) is 5. The van der Waals surface area contributed by atoms with Crippen LogP contribution >= 0.6 is 0 Å². The fourth-order valence-electron chi connectivity index (χ4n) is 7.80. The average molecular weight is 389 g/mol. The van der Waals surface area contributed by atoms with E-state index in [4.69, 9.17) is 0 Å². The Bertz CT molecular complexity index is 784. The van der Waals surface area contributed by atoms with Gasteiger partial charge in [-0.3, -0.25) is 9.59 Å². The van der Waals surface area contributed by atoms with E-state index in [9.17, 15) is 24.9 Å². The van der Waals surface area contributed by atoms with E-state index in [2.05, 4.69) is 13.8 Å². The van der Waals surface area contributed by atoms with Crippen LogP contribution in [0.4, 0.5) is 0 Å². The van der Waals surface area contributed by atoms with Gasteiger partial charge in [0, 0.05) is 16.7 Å². The zero-order chi connectivity index (χ0) is 20.6. The van der Waals surface area contributed by atoms with Crippen LogP contribution in [0, 0.1) is 40.4 Å². The minimum absolute atomic E-state index is 0.00492. The van der Waals surface area contributed by atoms with Gasteiger partial charge >= 0.3 is 0 Å². The van der Waals surface area contributed by atoms with Crippen molar-refractivity contribution in [3.63, 3.8) is 0 Å². The molecule has 3 saturated carbocycles. The normalized spacial score (nSPS) is 52.5. The minimum Gasteiger partial charge on any atom is -0.393 e. The third-order valence-electron chi connectivity index (χ3n) is 8.97. The lowest BCUT2D eigenvalue weighted by Gasteiger charge is -2.60. The maximum Gasteiger partial charge on any atom is 0.190 e. The third kappa shape index (κ3) is 2.24. The molecule has 5 nitrogen and oxygen atoms in total. The summed E-state index contributed by atoms with van der Waals surface area (Å²) in [4.78, 5) is 24.6. The Kier molecular flexibility index (Phi) is 4.36. The van der Waals surface area contributed by atoms with Gasteiger partial charge in [-0.15, -0.1) is 0 Å². The number of Topliss-reactive ketones (excluding diaryl/α,β-unsaturated/α-hetero) is 1. The van der Waals surface area contributed by atoms with Gasteiger partial charge in [-0.2, -0.15) is 0 Å². The molecule has 0 aromatic rings. The lowest BCUT2D eigenvalue weighted by atomic mass is 9.44. The van der Waals surface area contributed by atoms with Gasteiger partial charge in [-0.25, -0.2) is 0 Å². The molecule has 4 aliphatic rings. The molecule has 3 fully saturated rings. The number of rotatable bonds is 2. The lowest BCUT2D eigenvalue weighted by molar-refractivity contribution is -0.185. The summed E-state index contributed by atoms with van der Waals surface area (Å²) in [6.07, 6.45) is 6.50. The number of allylic oxidation sites excluding steroid dienone is 4. The van der Waals surface area contributed by atoms with Crippen LogP contribution < -0.4 is 0 Å². The quantitative estimate of drug-likeness (QED) is 0.673. The number of fused-ring (bicyclic) bond motifs is 5. The van der Waals surface area contributed by atoms with E-state index in [-0.39, 0.29) is 40.8 Å². The van der Waals surface area contributed by atoms with Crippen LogP contribution in [-0.4, -0.2) is 45.2 Å². The molecule has 4 aliphatic carbocycles. The van der Waals surface area contributed by atoms with Crippen molar-refractivity contribution in [3.8, 4) is 0 Å². The van der Waals surface area contributed by atoms with Gasteiger partial charge in [0.05, 0.1) is 6.10 Å². The molecule has 3 unspecified atom stereocenters. The van der Waals surface area contributed by atoms with Crippen molar-refractivity contribution in [3.05, 3.63) is 23.8 Å². The fraction of sp³-hybridized carbons (Fsp3) is 0.739. The lowest BCUT2D eigenvalue weighted by Crippen LogP contribution is -2.63. The second kappa shape index (κ2) is 6.10. The summed E-state index contributed by atoms with van der Waals surface area (Å²) in [6, 6.07) is 0. The predicted octanol–water partition coefficient (Wildman–Crippen LogP) is 2.05. The van der Waals surface area contributed by atoms with Crippen molar-refractivity contribution >= 4 is 11.6 Å². The van der Waals surface area contributed by atoms with Crippen LogP contribution in [0.5, 0.6) is 0 Å². The van der Waals surface area contributed by atoms with Crippen molar-refractivity contribution in [1.29, 1.82) is 0 Å². The van der Waals surface area contributed by atoms with Crippen molar-refractivity contribution in [2.75, 3.05) is 6.61 Å². The maximum absolute atomic E-state index is 12.6. The molecular weight excluding hydrogens is 356 g/mol. The van der Waals surface area contributed by atoms with Crippen LogP contribution in [0.2, 0.25) is 0 Å². The molecule has 0 amide bonds. The molecule has 0 aromatic heterocycles. The first-order chi connectivity index (χ1) is 13.0. The highest BCUT2D eigenvalue weighted by Gasteiger charge is 2.70. The predicted molar refractivity (Wildman–Crippen MR) is 104 cm³/mol. The van der Waals surface area contributed by atoms with Crippen molar-refractivity contribution in [2.24, 2.45) is 40.4 Å². The van der Waals surface area contributed by atoms with Crippen LogP contribution in [0.15, 0.2) is 23.8 Å². The molecule has 0 aromatic carbocycles. The molecule has 9 atom stereocenters. The van der Waals surface area contributed by atoms with Crippen LogP contribution in [0.1, 0.15) is 47.0 Å². The summed E-state index contributed by atoms with van der Waals surface area (Å²) in [5.41, 5.74) is -1.67. The maximum atomic E-state index is 12.6. The van der Waals surface area contributed by atoms with E-state index in [1.807, 2.05) is 19.9 Å². The van der Waals surface area contributed by atoms with E-state index in [1.165, 1.54) is 0 Å². The average Bonchev–Trinajstić information content (AvgIpc) is 2.83. The van der Waals surface area contributed by atoms with Gasteiger partial charge in [0.1, 0.15) is 12.2 Å². The first-order valence-corrected chi connectivity index (χ1v) is 10.5. The molecule has 28 heavy (non-hydrogen) atoms. The first-order valence-electron chi connectivity index (χ1n) is 10.5. The summed E-state index contributed by atoms with van der Waals surface area (Å²) in [5, 5.41) is 32.3. The van der Waals surface area contributed by atoms with Gasteiger partial charge in [0.2, 0.25) is 0 Å². The number of aliphatic hydroxyl groups is 3. The minimum atomic E-state index is -1.61. The monoisotopic (exact) mass is 388 g/mol. The molecule has 0 spiro atoms. The highest BCUT2D eigenvalue weighted by Crippen LogP contribution is 2.68. The summed E-state index contributed by atoms with van der Waals surface area (Å²) < 4.78 is 0. The molecule has 0 heterocycles. The number of ketones is 2. The largest absolute Gasteiger partial charge is 0.393 e. The molecule has 0 radical (unpaired) electrons. The standard InChI is InChI=1S/C23H32O5/c1-12-7-15-17-8-13(2)23(28,19(27)11-24)22(17,4)10-18(26)20(15)21(3)6-5-14(25)9-16(12)21/h5-6,9,12-13,15,17-18,20,24,26,28H,7-8,10-11H2,1-4H3/t12-,13+,15?,17?,18-,20?,21-,22-,23-/m0/s1. The molecule has 154 valence electrons. The van der Waals surface area contributed by atoms with Crippen molar-refractivity contribution in [2.45, 2.75) is 58.7 Å². The fourth-order valence-corrected chi connectivity index (χ4v) is 7.80. The van der Waals surface area contributed by atoms with Gasteiger partial charge < -0.3 is 15.3 Å². The number of hydrogen-bond donors (Lipinski definition) is 3. The van der Waals surface area contributed by atoms with E-state index in [0.717, 1.165) is 12.0 Å². The Balaban J connectivity index is 1.81. The SMILES string of the molecule is C[C@@H]1CC2C3C[C@H](C)C4=CC(=O)C=C[C@]4(C)C3[C@@H](O)C[C@]2(C)[C@@]1(O)C(=O)CO. The number of carbonyl (C=O) groups excluding carboxylic acids is 2. The molecule has 3 N–H and O–H groups in total. The molecule has 4 rings (SSSR count). The second-order valence-corrected chi connectivity index (χ2v) is 10.2. The molecule has 5 heteroatoms. The van der Waals surface area contributed by atoms with E-state index in [1.54, 1.807) is 12.2 Å². The highest BCUT2D eigenvalue weighted by molar-refractivity contribution is 6.01. The Morgan fingerprint density at radius 3 is 2.57 bits per heavy atom. The third-order valence-corrected chi connectivity index (χ3v) is 8.97. The molecular formula is C23H32O5. The van der Waals surface area contributed by atoms with Crippen molar-refractivity contribution in [1.82, 2.24) is 0 Å². The first kappa shape index (κ1) is 20.0. The smallest absolute Gasteiger partial charge is 0.190 e. The summed E-state index contributed by atoms with van der Waals surface area (Å²) >= 11 is 0. The highest BCUT2D eigenvalue weighted by atomic mass is 16.3. The molecule has 0 aliphatic heterocycles. The molecule has 0 bridgehead atoms. The summed E-state index contributed by atoms with van der Waals surface area (Å²) in [7, 11) is 0. The topological polar surface area (TPSA) is 94.8 Å². The van der Waals surface area contributed by atoms with E-state index < -0.39 is 29.5 Å². The van der Waals surface area contributed by atoms with E-state index >= 15 is 0 Å². The Morgan fingerprint density at radius 1 is 1.25 bits per heavy atom. The zero-order valence-corrected chi connectivity index (χ0v) is 17.2.